The Morgan fingerprint density at radius 1 is 1.28 bits per heavy atom. The van der Waals surface area contributed by atoms with Crippen LogP contribution in [0.25, 0.3) is 22.4 Å². The van der Waals surface area contributed by atoms with Crippen molar-refractivity contribution >= 4 is 22.6 Å². The van der Waals surface area contributed by atoms with Crippen molar-refractivity contribution in [2.45, 2.75) is 0 Å². The van der Waals surface area contributed by atoms with E-state index in [1.54, 1.807) is 24.5 Å². The maximum atomic E-state index is 9.03. The van der Waals surface area contributed by atoms with E-state index in [1.165, 1.54) is 0 Å². The fourth-order valence-corrected chi connectivity index (χ4v) is 2.03. The van der Waals surface area contributed by atoms with Gasteiger partial charge in [-0.25, -0.2) is 4.98 Å². The Balaban J connectivity index is 2.27. The third kappa shape index (κ3) is 1.62. The van der Waals surface area contributed by atoms with Gasteiger partial charge in [-0.05, 0) is 18.2 Å². The van der Waals surface area contributed by atoms with Gasteiger partial charge in [-0.15, -0.1) is 0 Å². The summed E-state index contributed by atoms with van der Waals surface area (Å²) in [4.78, 5) is 11.5. The van der Waals surface area contributed by atoms with Crippen LogP contribution in [0.2, 0.25) is 5.02 Å². The molecule has 2 heterocycles. The molecular weight excluding hydrogens is 248 g/mol. The highest BCUT2D eigenvalue weighted by Gasteiger charge is 2.10. The summed E-state index contributed by atoms with van der Waals surface area (Å²) in [6.45, 7) is 0. The Morgan fingerprint density at radius 3 is 2.94 bits per heavy atom. The van der Waals surface area contributed by atoms with E-state index in [9.17, 15) is 0 Å². The molecule has 2 aromatic heterocycles. The maximum absolute atomic E-state index is 9.03. The van der Waals surface area contributed by atoms with Crippen LogP contribution in [0.5, 0.6) is 0 Å². The number of aromatic nitrogens is 3. The van der Waals surface area contributed by atoms with Gasteiger partial charge in [0.2, 0.25) is 0 Å². The molecule has 0 amide bonds. The molecule has 0 fully saturated rings. The highest BCUT2D eigenvalue weighted by atomic mass is 35.5. The van der Waals surface area contributed by atoms with Crippen LogP contribution >= 0.6 is 11.6 Å². The van der Waals surface area contributed by atoms with Crippen LogP contribution < -0.4 is 0 Å². The number of pyridine rings is 1. The molecule has 0 bridgehead atoms. The van der Waals surface area contributed by atoms with Gasteiger partial charge in [-0.2, -0.15) is 5.26 Å². The minimum absolute atomic E-state index is 0.523. The van der Waals surface area contributed by atoms with Gasteiger partial charge in [-0.1, -0.05) is 17.7 Å². The maximum Gasteiger partial charge on any atom is 0.140 e. The quantitative estimate of drug-likeness (QED) is 0.725. The number of hydrogen-bond donors (Lipinski definition) is 1. The number of aromatic amines is 1. The van der Waals surface area contributed by atoms with Crippen molar-refractivity contribution in [1.82, 2.24) is 15.0 Å². The van der Waals surface area contributed by atoms with Crippen molar-refractivity contribution in [3.63, 3.8) is 0 Å². The summed E-state index contributed by atoms with van der Waals surface area (Å²) in [5, 5.41) is 9.55. The van der Waals surface area contributed by atoms with Crippen LogP contribution in [-0.4, -0.2) is 15.0 Å². The molecular formula is C13H7ClN4. The Kier molecular flexibility index (Phi) is 2.47. The first-order chi connectivity index (χ1) is 8.79. The van der Waals surface area contributed by atoms with E-state index < -0.39 is 0 Å². The Hall–Kier alpha value is -2.38. The summed E-state index contributed by atoms with van der Waals surface area (Å²) >= 11 is 6.07. The summed E-state index contributed by atoms with van der Waals surface area (Å²) in [6, 6.07) is 9.34. The molecule has 86 valence electrons. The van der Waals surface area contributed by atoms with E-state index in [1.807, 2.05) is 12.1 Å². The summed E-state index contributed by atoms with van der Waals surface area (Å²) < 4.78 is 0. The van der Waals surface area contributed by atoms with Gasteiger partial charge >= 0.3 is 0 Å². The van der Waals surface area contributed by atoms with E-state index in [-0.39, 0.29) is 0 Å². The SMILES string of the molecule is N#Cc1cccc2[nH]c(-c3ccncc3Cl)nc12. The fraction of sp³-hybridized carbons (Fsp3) is 0. The molecule has 0 aliphatic heterocycles. The molecule has 4 nitrogen and oxygen atoms in total. The number of H-pyrrole nitrogens is 1. The van der Waals surface area contributed by atoms with Crippen molar-refractivity contribution in [3.05, 3.63) is 47.2 Å². The second-order valence-corrected chi connectivity index (χ2v) is 4.16. The first kappa shape index (κ1) is 10.8. The summed E-state index contributed by atoms with van der Waals surface area (Å²) in [6.07, 6.45) is 3.22. The molecule has 0 aliphatic carbocycles. The lowest BCUT2D eigenvalue weighted by molar-refractivity contribution is 1.28. The van der Waals surface area contributed by atoms with Gasteiger partial charge in [0.05, 0.1) is 16.1 Å². The van der Waals surface area contributed by atoms with Gasteiger partial charge in [0.1, 0.15) is 17.4 Å². The first-order valence-electron chi connectivity index (χ1n) is 5.28. The number of nitriles is 1. The number of nitrogens with one attached hydrogen (secondary N) is 1. The van der Waals surface area contributed by atoms with Crippen molar-refractivity contribution in [3.8, 4) is 17.5 Å². The molecule has 1 aromatic carbocycles. The predicted octanol–water partition coefficient (Wildman–Crippen LogP) is 3.15. The Bertz CT molecular complexity index is 770. The lowest BCUT2D eigenvalue weighted by atomic mass is 10.2. The zero-order valence-corrected chi connectivity index (χ0v) is 9.94. The molecule has 18 heavy (non-hydrogen) atoms. The first-order valence-corrected chi connectivity index (χ1v) is 5.66. The molecule has 3 aromatic rings. The number of fused-ring (bicyclic) bond motifs is 1. The van der Waals surface area contributed by atoms with Crippen molar-refractivity contribution in [2.24, 2.45) is 0 Å². The molecule has 0 radical (unpaired) electrons. The van der Waals surface area contributed by atoms with E-state index in [0.29, 0.717) is 21.9 Å². The molecule has 0 unspecified atom stereocenters. The normalized spacial score (nSPS) is 10.4. The molecule has 1 N–H and O–H groups in total. The lowest BCUT2D eigenvalue weighted by Gasteiger charge is -1.97. The van der Waals surface area contributed by atoms with Gasteiger partial charge in [-0.3, -0.25) is 4.98 Å². The molecule has 3 rings (SSSR count). The van der Waals surface area contributed by atoms with Crippen LogP contribution in [-0.2, 0) is 0 Å². The molecule has 0 spiro atoms. The molecule has 5 heteroatoms. The van der Waals surface area contributed by atoms with Crippen molar-refractivity contribution in [2.75, 3.05) is 0 Å². The lowest BCUT2D eigenvalue weighted by Crippen LogP contribution is -1.83. The number of halogens is 1. The van der Waals surface area contributed by atoms with E-state index in [4.69, 9.17) is 16.9 Å². The van der Waals surface area contributed by atoms with Gasteiger partial charge in [0.25, 0.3) is 0 Å². The van der Waals surface area contributed by atoms with Gasteiger partial charge in [0, 0.05) is 18.0 Å². The molecule has 0 saturated carbocycles. The monoisotopic (exact) mass is 254 g/mol. The molecule has 0 atom stereocenters. The average molecular weight is 255 g/mol. The smallest absolute Gasteiger partial charge is 0.140 e. The molecule has 0 saturated heterocycles. The minimum Gasteiger partial charge on any atom is -0.338 e. The molecule has 0 aliphatic rings. The van der Waals surface area contributed by atoms with E-state index >= 15 is 0 Å². The second kappa shape index (κ2) is 4.13. The fourth-order valence-electron chi connectivity index (χ4n) is 1.82. The van der Waals surface area contributed by atoms with Crippen LogP contribution in [0.4, 0.5) is 0 Å². The number of nitrogens with zero attached hydrogens (tertiary/aromatic N) is 3. The number of imidazole rings is 1. The zero-order chi connectivity index (χ0) is 12.5. The largest absolute Gasteiger partial charge is 0.338 e. The average Bonchev–Trinajstić information content (AvgIpc) is 2.82. The Morgan fingerprint density at radius 2 is 2.17 bits per heavy atom. The van der Waals surface area contributed by atoms with E-state index in [0.717, 1.165) is 11.1 Å². The highest BCUT2D eigenvalue weighted by Crippen LogP contribution is 2.27. The highest BCUT2D eigenvalue weighted by molar-refractivity contribution is 6.33. The predicted molar refractivity (Wildman–Crippen MR) is 69.0 cm³/mol. The summed E-state index contributed by atoms with van der Waals surface area (Å²) in [7, 11) is 0. The third-order valence-corrected chi connectivity index (χ3v) is 2.96. The number of hydrogen-bond acceptors (Lipinski definition) is 3. The van der Waals surface area contributed by atoms with Crippen LogP contribution in [0.15, 0.2) is 36.7 Å². The van der Waals surface area contributed by atoms with Gasteiger partial charge in [0.15, 0.2) is 0 Å². The van der Waals surface area contributed by atoms with Crippen LogP contribution in [0.3, 0.4) is 0 Å². The summed E-state index contributed by atoms with van der Waals surface area (Å²) in [5.74, 6) is 0.639. The standard InChI is InChI=1S/C13H7ClN4/c14-10-7-16-5-4-9(10)13-17-11-3-1-2-8(6-15)12(11)18-13/h1-5,7H,(H,17,18). The summed E-state index contributed by atoms with van der Waals surface area (Å²) in [5.41, 5.74) is 2.78. The number of benzene rings is 1. The number of para-hydroxylation sites is 1. The van der Waals surface area contributed by atoms with Crippen molar-refractivity contribution < 1.29 is 0 Å². The Labute approximate surface area is 108 Å². The topological polar surface area (TPSA) is 65.4 Å². The van der Waals surface area contributed by atoms with Crippen LogP contribution in [0, 0.1) is 11.3 Å². The second-order valence-electron chi connectivity index (χ2n) is 3.75. The van der Waals surface area contributed by atoms with Gasteiger partial charge < -0.3 is 4.98 Å². The van der Waals surface area contributed by atoms with E-state index in [2.05, 4.69) is 21.0 Å². The third-order valence-electron chi connectivity index (χ3n) is 2.66. The zero-order valence-electron chi connectivity index (χ0n) is 9.18. The number of rotatable bonds is 1. The van der Waals surface area contributed by atoms with Crippen molar-refractivity contribution in [1.29, 1.82) is 5.26 Å². The minimum atomic E-state index is 0.523. The van der Waals surface area contributed by atoms with Crippen LogP contribution in [0.1, 0.15) is 5.56 Å².